The van der Waals surface area contributed by atoms with Gasteiger partial charge in [-0.1, -0.05) is 0 Å². The van der Waals surface area contributed by atoms with Crippen LogP contribution in [-0.2, 0) is 0 Å². The summed E-state index contributed by atoms with van der Waals surface area (Å²) in [7, 11) is 1.40. The van der Waals surface area contributed by atoms with Crippen molar-refractivity contribution in [3.63, 3.8) is 0 Å². The molecule has 7 nitrogen and oxygen atoms in total. The minimum Gasteiger partial charge on any atom is -0.496 e. The Morgan fingerprint density at radius 1 is 1.29 bits per heavy atom. The van der Waals surface area contributed by atoms with E-state index >= 15 is 0 Å². The highest BCUT2D eigenvalue weighted by Crippen LogP contribution is 2.40. The van der Waals surface area contributed by atoms with Crippen molar-refractivity contribution in [2.75, 3.05) is 20.3 Å². The van der Waals surface area contributed by atoms with Gasteiger partial charge in [-0.3, -0.25) is 9.20 Å². The van der Waals surface area contributed by atoms with Crippen molar-refractivity contribution in [3.05, 3.63) is 42.2 Å². The monoisotopic (exact) mass is 431 g/mol. The van der Waals surface area contributed by atoms with E-state index in [1.165, 1.54) is 13.2 Å². The number of aromatic nitrogens is 2. The number of halogens is 2. The van der Waals surface area contributed by atoms with E-state index in [4.69, 9.17) is 19.9 Å². The zero-order valence-electron chi connectivity index (χ0n) is 17.0. The molecule has 1 aromatic carbocycles. The molecule has 2 N–H and O–H groups in total. The van der Waals surface area contributed by atoms with Crippen molar-refractivity contribution < 1.29 is 27.8 Å². The molecule has 1 aliphatic carbocycles. The number of imidazole rings is 1. The summed E-state index contributed by atoms with van der Waals surface area (Å²) < 4.78 is 43.7. The first kappa shape index (κ1) is 21.0. The number of benzene rings is 1. The second-order valence-electron chi connectivity index (χ2n) is 7.37. The number of Topliss-reactive ketones (excluding diaryl/α,β-unsaturated/α-hetero) is 1. The number of alkyl halides is 2. The van der Waals surface area contributed by atoms with Gasteiger partial charge < -0.3 is 19.9 Å². The fraction of sp³-hybridized carbons (Fsp3) is 0.364. The molecule has 1 saturated carbocycles. The Labute approximate surface area is 177 Å². The number of nitrogens with two attached hydrogens (primary N) is 1. The summed E-state index contributed by atoms with van der Waals surface area (Å²) in [6, 6.07) is 6.58. The van der Waals surface area contributed by atoms with Gasteiger partial charge in [0.1, 0.15) is 35.1 Å². The van der Waals surface area contributed by atoms with Crippen LogP contribution in [0.25, 0.3) is 16.9 Å². The highest BCUT2D eigenvalue weighted by molar-refractivity contribution is 6.02. The molecule has 0 saturated heterocycles. The lowest BCUT2D eigenvalue weighted by atomic mass is 10.00. The first-order valence-electron chi connectivity index (χ1n) is 10.0. The van der Waals surface area contributed by atoms with Crippen LogP contribution < -0.4 is 19.9 Å². The number of hydrogen-bond acceptors (Lipinski definition) is 6. The van der Waals surface area contributed by atoms with Crippen LogP contribution in [0.3, 0.4) is 0 Å². The quantitative estimate of drug-likeness (QED) is 0.490. The van der Waals surface area contributed by atoms with Gasteiger partial charge in [0.15, 0.2) is 5.78 Å². The average molecular weight is 431 g/mol. The molecule has 0 bridgehead atoms. The summed E-state index contributed by atoms with van der Waals surface area (Å²) in [5, 5.41) is 0. The maximum Gasteiger partial charge on any atom is 0.387 e. The lowest BCUT2D eigenvalue weighted by molar-refractivity contribution is -0.0502. The lowest BCUT2D eigenvalue weighted by Gasteiger charge is -2.16. The molecule has 1 fully saturated rings. The number of hydrogen-bond donors (Lipinski definition) is 1. The largest absolute Gasteiger partial charge is 0.496 e. The molecule has 2 heterocycles. The van der Waals surface area contributed by atoms with Crippen LogP contribution in [0.2, 0.25) is 0 Å². The molecule has 1 aliphatic rings. The Morgan fingerprint density at radius 3 is 2.74 bits per heavy atom. The fourth-order valence-corrected chi connectivity index (χ4v) is 3.49. The van der Waals surface area contributed by atoms with Crippen molar-refractivity contribution in [2.24, 2.45) is 11.7 Å². The molecule has 9 heteroatoms. The number of ketones is 1. The van der Waals surface area contributed by atoms with E-state index in [1.807, 2.05) is 0 Å². The molecule has 2 aromatic heterocycles. The van der Waals surface area contributed by atoms with E-state index in [0.717, 1.165) is 12.8 Å². The number of pyridine rings is 1. The van der Waals surface area contributed by atoms with Crippen LogP contribution in [0.5, 0.6) is 17.2 Å². The van der Waals surface area contributed by atoms with Crippen molar-refractivity contribution in [1.82, 2.24) is 9.38 Å². The summed E-state index contributed by atoms with van der Waals surface area (Å²) in [4.78, 5) is 17.1. The lowest BCUT2D eigenvalue weighted by Crippen LogP contribution is -2.11. The Kier molecular flexibility index (Phi) is 6.03. The predicted molar refractivity (Wildman–Crippen MR) is 110 cm³/mol. The number of carbonyl (C=O) groups excluding carboxylic acids is 1. The van der Waals surface area contributed by atoms with Crippen molar-refractivity contribution in [2.45, 2.75) is 25.9 Å². The minimum atomic E-state index is -3.07. The van der Waals surface area contributed by atoms with Gasteiger partial charge in [-0.15, -0.1) is 0 Å². The van der Waals surface area contributed by atoms with Crippen molar-refractivity contribution in [3.8, 4) is 28.5 Å². The van der Waals surface area contributed by atoms with Crippen LogP contribution >= 0.6 is 0 Å². The van der Waals surface area contributed by atoms with Gasteiger partial charge in [-0.25, -0.2) is 4.98 Å². The Morgan fingerprint density at radius 2 is 2.06 bits per heavy atom. The zero-order chi connectivity index (χ0) is 22.0. The van der Waals surface area contributed by atoms with E-state index in [-0.39, 0.29) is 29.3 Å². The van der Waals surface area contributed by atoms with Crippen LogP contribution in [0.4, 0.5) is 8.78 Å². The molecule has 0 unspecified atom stereocenters. The van der Waals surface area contributed by atoms with Crippen molar-refractivity contribution in [1.29, 1.82) is 0 Å². The van der Waals surface area contributed by atoms with Gasteiger partial charge >= 0.3 is 6.61 Å². The number of fused-ring (bicyclic) bond motifs is 1. The van der Waals surface area contributed by atoms with Crippen molar-refractivity contribution >= 4 is 11.4 Å². The second-order valence-corrected chi connectivity index (χ2v) is 7.37. The smallest absolute Gasteiger partial charge is 0.387 e. The van der Waals surface area contributed by atoms with Gasteiger partial charge in [0, 0.05) is 30.8 Å². The van der Waals surface area contributed by atoms with Crippen LogP contribution in [0.1, 0.15) is 29.6 Å². The molecule has 0 radical (unpaired) electrons. The van der Waals surface area contributed by atoms with Gasteiger partial charge in [0.25, 0.3) is 0 Å². The second kappa shape index (κ2) is 8.89. The summed E-state index contributed by atoms with van der Waals surface area (Å²) in [5.74, 6) is 0.645. The maximum atomic E-state index is 13.1. The predicted octanol–water partition coefficient (Wildman–Crippen LogP) is 3.93. The van der Waals surface area contributed by atoms with E-state index in [9.17, 15) is 13.6 Å². The summed E-state index contributed by atoms with van der Waals surface area (Å²) >= 11 is 0. The fourth-order valence-electron chi connectivity index (χ4n) is 3.49. The first-order valence-corrected chi connectivity index (χ1v) is 10.0. The number of rotatable bonds is 10. The topological polar surface area (TPSA) is 88.1 Å². The van der Waals surface area contributed by atoms with Crippen LogP contribution in [0.15, 0.2) is 36.7 Å². The highest BCUT2D eigenvalue weighted by atomic mass is 19.3. The molecule has 0 aliphatic heterocycles. The van der Waals surface area contributed by atoms with Gasteiger partial charge in [-0.05, 0) is 37.0 Å². The molecule has 164 valence electrons. The van der Waals surface area contributed by atoms with Gasteiger partial charge in [0.2, 0.25) is 0 Å². The third-order valence-electron chi connectivity index (χ3n) is 5.12. The summed E-state index contributed by atoms with van der Waals surface area (Å²) in [5.41, 5.74) is 7.26. The maximum absolute atomic E-state index is 13.1. The van der Waals surface area contributed by atoms with E-state index in [2.05, 4.69) is 4.98 Å². The zero-order valence-corrected chi connectivity index (χ0v) is 17.0. The molecule has 0 spiro atoms. The van der Waals surface area contributed by atoms with E-state index in [1.54, 1.807) is 35.0 Å². The third-order valence-corrected chi connectivity index (χ3v) is 5.12. The van der Waals surface area contributed by atoms with Crippen LogP contribution in [-0.4, -0.2) is 42.0 Å². The molecule has 4 rings (SSSR count). The SMILES string of the molecule is COc1cc(-c2cnc3cc(OCCN)ccn23)cc(OC(F)F)c1C(=O)CC1CC1. The molecule has 31 heavy (non-hydrogen) atoms. The van der Waals surface area contributed by atoms with Gasteiger partial charge in [-0.2, -0.15) is 8.78 Å². The van der Waals surface area contributed by atoms with Crippen LogP contribution in [0, 0.1) is 5.92 Å². The third kappa shape index (κ3) is 4.61. The Bertz CT molecular complexity index is 1100. The van der Waals surface area contributed by atoms with E-state index in [0.29, 0.717) is 41.7 Å². The standard InChI is InChI=1S/C22H23F2N3O4/c1-29-18-9-14(10-19(31-22(23)24)21(18)17(28)8-13-2-3-13)16-12-26-20-11-15(30-7-5-25)4-6-27(16)20/h4,6,9-13,22H,2-3,5,7-8,25H2,1H3. The Balaban J connectivity index is 1.76. The van der Waals surface area contributed by atoms with E-state index < -0.39 is 6.61 Å². The summed E-state index contributed by atoms with van der Waals surface area (Å²) in [6.07, 6.45) is 5.59. The average Bonchev–Trinajstić information content (AvgIpc) is 3.46. The number of ether oxygens (including phenoxy) is 3. The van der Waals surface area contributed by atoms with Gasteiger partial charge in [0.05, 0.1) is 19.0 Å². The molecule has 0 atom stereocenters. The number of methoxy groups -OCH3 is 1. The highest BCUT2D eigenvalue weighted by Gasteiger charge is 2.29. The normalized spacial score (nSPS) is 13.6. The number of nitrogens with zero attached hydrogens (tertiary/aromatic N) is 2. The molecular formula is C22H23F2N3O4. The number of carbonyl (C=O) groups is 1. The molecular weight excluding hydrogens is 408 g/mol. The summed E-state index contributed by atoms with van der Waals surface area (Å²) in [6.45, 7) is -2.30. The molecule has 3 aromatic rings. The minimum absolute atomic E-state index is 0.0461. The molecule has 0 amide bonds. The Hall–Kier alpha value is -3.20. The first-order chi connectivity index (χ1) is 15.0.